The molecule has 0 amide bonds. The van der Waals surface area contributed by atoms with Crippen molar-refractivity contribution < 1.29 is 27.8 Å². The lowest BCUT2D eigenvalue weighted by molar-refractivity contribution is 0.0963. The van der Waals surface area contributed by atoms with Crippen LogP contribution in [0.4, 0.5) is 13.2 Å². The second-order valence-corrected chi connectivity index (χ2v) is 9.19. The van der Waals surface area contributed by atoms with Gasteiger partial charge in [0, 0.05) is 5.56 Å². The molecule has 1 N–H and O–H groups in total. The zero-order valence-electron chi connectivity index (χ0n) is 20.1. The average molecular weight is 485 g/mol. The number of benzene rings is 3. The molecule has 1 unspecified atom stereocenters. The maximum Gasteiger partial charge on any atom is 0.165 e. The topological polar surface area (TPSA) is 38.7 Å². The molecule has 0 aromatic heterocycles. The monoisotopic (exact) mass is 484 g/mol. The van der Waals surface area contributed by atoms with Crippen molar-refractivity contribution in [2.24, 2.45) is 5.92 Å². The molecule has 1 atom stereocenters. The number of aliphatic hydroxyl groups is 1. The van der Waals surface area contributed by atoms with Crippen LogP contribution in [0.1, 0.15) is 56.6 Å². The molecule has 4 rings (SSSR count). The van der Waals surface area contributed by atoms with Gasteiger partial charge in [-0.25, -0.2) is 13.2 Å². The fourth-order valence-corrected chi connectivity index (χ4v) is 4.80. The third kappa shape index (κ3) is 5.81. The summed E-state index contributed by atoms with van der Waals surface area (Å²) < 4.78 is 54.7. The van der Waals surface area contributed by atoms with Gasteiger partial charge in [-0.2, -0.15) is 0 Å². The van der Waals surface area contributed by atoms with E-state index in [-0.39, 0.29) is 35.9 Å². The average Bonchev–Trinajstić information content (AvgIpc) is 2.87. The first-order chi connectivity index (χ1) is 16.9. The van der Waals surface area contributed by atoms with Crippen LogP contribution >= 0.6 is 0 Å². The van der Waals surface area contributed by atoms with Crippen molar-refractivity contribution in [3.05, 3.63) is 83.2 Å². The molecule has 0 heterocycles. The summed E-state index contributed by atoms with van der Waals surface area (Å²) in [5.41, 5.74) is 2.05. The summed E-state index contributed by atoms with van der Waals surface area (Å²) in [6.45, 7) is 3.87. The molecule has 3 aromatic rings. The molecule has 6 heteroatoms. The lowest BCUT2D eigenvalue weighted by atomic mass is 9.76. The number of ether oxygens (including phenoxy) is 2. The van der Waals surface area contributed by atoms with E-state index in [0.717, 1.165) is 31.2 Å². The van der Waals surface area contributed by atoms with Crippen molar-refractivity contribution in [2.75, 3.05) is 6.61 Å². The minimum atomic E-state index is -0.873. The first-order valence-electron chi connectivity index (χ1n) is 12.2. The van der Waals surface area contributed by atoms with E-state index in [1.54, 1.807) is 62.4 Å². The smallest absolute Gasteiger partial charge is 0.165 e. The van der Waals surface area contributed by atoms with Gasteiger partial charge in [-0.05, 0) is 92.3 Å². The highest BCUT2D eigenvalue weighted by Crippen LogP contribution is 2.39. The highest BCUT2D eigenvalue weighted by molar-refractivity contribution is 5.65. The Morgan fingerprint density at radius 3 is 2.17 bits per heavy atom. The van der Waals surface area contributed by atoms with Crippen molar-refractivity contribution in [1.82, 2.24) is 0 Å². The van der Waals surface area contributed by atoms with Gasteiger partial charge in [0.25, 0.3) is 0 Å². The van der Waals surface area contributed by atoms with Crippen molar-refractivity contribution in [3.8, 4) is 22.6 Å². The Morgan fingerprint density at radius 2 is 1.54 bits per heavy atom. The van der Waals surface area contributed by atoms with Gasteiger partial charge in [-0.3, -0.25) is 0 Å². The molecule has 35 heavy (non-hydrogen) atoms. The molecule has 1 aliphatic rings. The molecule has 0 radical (unpaired) electrons. The van der Waals surface area contributed by atoms with E-state index in [0.29, 0.717) is 23.5 Å². The lowest BCUT2D eigenvalue weighted by Crippen LogP contribution is -2.23. The van der Waals surface area contributed by atoms with E-state index in [1.807, 2.05) is 0 Å². The van der Waals surface area contributed by atoms with Gasteiger partial charge in [-0.1, -0.05) is 30.3 Å². The van der Waals surface area contributed by atoms with Crippen LogP contribution in [-0.4, -0.2) is 17.8 Å². The molecule has 3 nitrogen and oxygen atoms in total. The van der Waals surface area contributed by atoms with Crippen LogP contribution in [0.2, 0.25) is 0 Å². The molecule has 0 aliphatic heterocycles. The molecule has 186 valence electrons. The number of hydrogen-bond donors (Lipinski definition) is 1. The Morgan fingerprint density at radius 1 is 0.857 bits per heavy atom. The summed E-state index contributed by atoms with van der Waals surface area (Å²) in [5.74, 6) is -1.20. The normalized spacial score (nSPS) is 18.8. The first kappa shape index (κ1) is 25.1. The van der Waals surface area contributed by atoms with Gasteiger partial charge in [0.2, 0.25) is 0 Å². The van der Waals surface area contributed by atoms with E-state index in [9.17, 15) is 18.3 Å². The summed E-state index contributed by atoms with van der Waals surface area (Å²) >= 11 is 0. The predicted molar refractivity (Wildman–Crippen MR) is 130 cm³/mol. The van der Waals surface area contributed by atoms with Crippen LogP contribution in [0.3, 0.4) is 0 Å². The van der Waals surface area contributed by atoms with Gasteiger partial charge >= 0.3 is 0 Å². The fraction of sp³-hybridized carbons (Fsp3) is 0.379. The van der Waals surface area contributed by atoms with Gasteiger partial charge in [0.15, 0.2) is 23.2 Å². The van der Waals surface area contributed by atoms with Gasteiger partial charge in [0.05, 0.1) is 12.7 Å². The number of rotatable bonds is 8. The van der Waals surface area contributed by atoms with Crippen LogP contribution in [-0.2, 0) is 6.61 Å². The Kier molecular flexibility index (Phi) is 8.01. The lowest BCUT2D eigenvalue weighted by Gasteiger charge is -2.30. The van der Waals surface area contributed by atoms with Crippen LogP contribution in [0.15, 0.2) is 54.6 Å². The highest BCUT2D eigenvalue weighted by atomic mass is 19.2. The van der Waals surface area contributed by atoms with E-state index < -0.39 is 17.5 Å². The van der Waals surface area contributed by atoms with Gasteiger partial charge < -0.3 is 14.6 Å². The van der Waals surface area contributed by atoms with E-state index in [2.05, 4.69) is 0 Å². The van der Waals surface area contributed by atoms with E-state index in [4.69, 9.17) is 9.47 Å². The second kappa shape index (κ2) is 11.2. The summed E-state index contributed by atoms with van der Waals surface area (Å²) in [6, 6.07) is 15.0. The van der Waals surface area contributed by atoms with Crippen molar-refractivity contribution in [1.29, 1.82) is 0 Å². The van der Waals surface area contributed by atoms with E-state index in [1.165, 1.54) is 6.07 Å². The molecule has 0 saturated heterocycles. The number of halogens is 3. The molecule has 1 saturated carbocycles. The number of aliphatic hydroxyl groups excluding tert-OH is 1. The zero-order valence-corrected chi connectivity index (χ0v) is 20.1. The Bertz CT molecular complexity index is 1140. The van der Waals surface area contributed by atoms with Crippen LogP contribution in [0.5, 0.6) is 11.5 Å². The summed E-state index contributed by atoms with van der Waals surface area (Å²) in [7, 11) is 0. The minimum Gasteiger partial charge on any atom is -0.491 e. The Hall–Kier alpha value is -2.99. The minimum absolute atomic E-state index is 0.0329. The zero-order chi connectivity index (χ0) is 24.9. The second-order valence-electron chi connectivity index (χ2n) is 9.19. The van der Waals surface area contributed by atoms with Crippen LogP contribution in [0.25, 0.3) is 11.1 Å². The molecule has 0 spiro atoms. The Balaban J connectivity index is 1.39. The third-order valence-corrected chi connectivity index (χ3v) is 6.90. The van der Waals surface area contributed by atoms with Crippen LogP contribution in [0, 0.1) is 23.4 Å². The van der Waals surface area contributed by atoms with E-state index >= 15 is 0 Å². The highest BCUT2D eigenvalue weighted by Gasteiger charge is 2.28. The van der Waals surface area contributed by atoms with Crippen molar-refractivity contribution in [2.45, 2.75) is 58.2 Å². The summed E-state index contributed by atoms with van der Waals surface area (Å²) in [6.07, 6.45) is 2.74. The standard InChI is InChI=1S/C29H31F3O3/c1-3-34-27-15-11-22(16-26(27)30)20-8-12-24(13-9-20)35-17-23-10-14-25(29(32)28(23)31)21-6-4-19(5-7-21)18(2)33/h8-16,18-19,21,33H,3-7,17H2,1-2H3. The SMILES string of the molecule is CCOc1ccc(-c2ccc(OCc3ccc(C4CCC(C(C)O)CC4)c(F)c3F)cc2)cc1F. The van der Waals surface area contributed by atoms with Crippen LogP contribution < -0.4 is 9.47 Å². The molecule has 0 bridgehead atoms. The van der Waals surface area contributed by atoms with Gasteiger partial charge in [0.1, 0.15) is 12.4 Å². The molecular formula is C29H31F3O3. The molecule has 1 fully saturated rings. The summed E-state index contributed by atoms with van der Waals surface area (Å²) in [5, 5.41) is 9.77. The fourth-order valence-electron chi connectivity index (χ4n) is 4.80. The summed E-state index contributed by atoms with van der Waals surface area (Å²) in [4.78, 5) is 0. The van der Waals surface area contributed by atoms with Crippen molar-refractivity contribution in [3.63, 3.8) is 0 Å². The maximum atomic E-state index is 14.9. The first-order valence-corrected chi connectivity index (χ1v) is 12.2. The maximum absolute atomic E-state index is 14.9. The van der Waals surface area contributed by atoms with Gasteiger partial charge in [-0.15, -0.1) is 0 Å². The number of hydrogen-bond acceptors (Lipinski definition) is 3. The molecular weight excluding hydrogens is 453 g/mol. The largest absolute Gasteiger partial charge is 0.491 e. The van der Waals surface area contributed by atoms with Crippen molar-refractivity contribution >= 4 is 0 Å². The third-order valence-electron chi connectivity index (χ3n) is 6.90. The quantitative estimate of drug-likeness (QED) is 0.362. The molecule has 1 aliphatic carbocycles. The molecule has 3 aromatic carbocycles. The Labute approximate surface area is 204 Å². The predicted octanol–water partition coefficient (Wildman–Crippen LogP) is 7.40.